The molecule has 0 atom stereocenters. The highest BCUT2D eigenvalue weighted by Gasteiger charge is 2.05. The number of benzene rings is 1. The zero-order valence-electron chi connectivity index (χ0n) is 9.07. The van der Waals surface area contributed by atoms with Gasteiger partial charge >= 0.3 is 0 Å². The molecule has 0 fully saturated rings. The summed E-state index contributed by atoms with van der Waals surface area (Å²) in [5.41, 5.74) is 1.81. The Morgan fingerprint density at radius 3 is 2.88 bits per heavy atom. The van der Waals surface area contributed by atoms with Gasteiger partial charge in [0.2, 0.25) is 0 Å². The summed E-state index contributed by atoms with van der Waals surface area (Å²) < 4.78 is 0. The van der Waals surface area contributed by atoms with Crippen molar-refractivity contribution in [3.8, 4) is 10.4 Å². The van der Waals surface area contributed by atoms with Crippen LogP contribution in [-0.4, -0.2) is 12.5 Å². The van der Waals surface area contributed by atoms with E-state index in [1.807, 2.05) is 42.6 Å². The highest BCUT2D eigenvalue weighted by molar-refractivity contribution is 7.13. The van der Waals surface area contributed by atoms with Crippen LogP contribution in [0.3, 0.4) is 0 Å². The van der Waals surface area contributed by atoms with Crippen molar-refractivity contribution in [2.45, 2.75) is 6.92 Å². The SMILES string of the molecule is CCNC(=O)c1cccc(-c2cccs2)c1. The van der Waals surface area contributed by atoms with E-state index in [4.69, 9.17) is 0 Å². The van der Waals surface area contributed by atoms with Gasteiger partial charge in [0.05, 0.1) is 0 Å². The molecule has 0 aliphatic rings. The largest absolute Gasteiger partial charge is 0.352 e. The molecule has 0 saturated carbocycles. The first kappa shape index (κ1) is 10.9. The Bertz CT molecular complexity index is 476. The average molecular weight is 231 g/mol. The summed E-state index contributed by atoms with van der Waals surface area (Å²) in [5.74, 6) is -0.0130. The normalized spacial score (nSPS) is 10.1. The molecule has 82 valence electrons. The van der Waals surface area contributed by atoms with Crippen LogP contribution in [0.15, 0.2) is 41.8 Å². The molecule has 0 radical (unpaired) electrons. The van der Waals surface area contributed by atoms with Gasteiger partial charge in [-0.15, -0.1) is 11.3 Å². The van der Waals surface area contributed by atoms with Crippen molar-refractivity contribution >= 4 is 17.2 Å². The standard InChI is InChI=1S/C13H13NOS/c1-2-14-13(15)11-6-3-5-10(9-11)12-7-4-8-16-12/h3-9H,2H2,1H3,(H,14,15). The van der Waals surface area contributed by atoms with E-state index in [1.54, 1.807) is 11.3 Å². The summed E-state index contributed by atoms with van der Waals surface area (Å²) in [4.78, 5) is 12.8. The second-order valence-electron chi connectivity index (χ2n) is 3.42. The van der Waals surface area contributed by atoms with Crippen molar-refractivity contribution in [2.24, 2.45) is 0 Å². The van der Waals surface area contributed by atoms with E-state index in [2.05, 4.69) is 11.4 Å². The minimum absolute atomic E-state index is 0.0130. The molecule has 1 amide bonds. The van der Waals surface area contributed by atoms with E-state index >= 15 is 0 Å². The zero-order chi connectivity index (χ0) is 11.4. The van der Waals surface area contributed by atoms with Gasteiger partial charge in [0.1, 0.15) is 0 Å². The molecule has 16 heavy (non-hydrogen) atoms. The Hall–Kier alpha value is -1.61. The first-order valence-corrected chi connectivity index (χ1v) is 6.11. The number of rotatable bonds is 3. The molecular weight excluding hydrogens is 218 g/mol. The fraction of sp³-hybridized carbons (Fsp3) is 0.154. The van der Waals surface area contributed by atoms with Gasteiger partial charge in [0.15, 0.2) is 0 Å². The van der Waals surface area contributed by atoms with Crippen LogP contribution >= 0.6 is 11.3 Å². The van der Waals surface area contributed by atoms with Crippen molar-refractivity contribution in [3.05, 3.63) is 47.3 Å². The average Bonchev–Trinajstić information content (AvgIpc) is 2.83. The number of carbonyl (C=O) groups is 1. The molecule has 0 aliphatic heterocycles. The van der Waals surface area contributed by atoms with Gasteiger partial charge < -0.3 is 5.32 Å². The Morgan fingerprint density at radius 1 is 1.31 bits per heavy atom. The summed E-state index contributed by atoms with van der Waals surface area (Å²) in [6, 6.07) is 11.8. The predicted molar refractivity (Wildman–Crippen MR) is 67.8 cm³/mol. The number of hydrogen-bond acceptors (Lipinski definition) is 2. The summed E-state index contributed by atoms with van der Waals surface area (Å²) in [6.07, 6.45) is 0. The van der Waals surface area contributed by atoms with E-state index in [9.17, 15) is 4.79 Å². The first-order valence-electron chi connectivity index (χ1n) is 5.23. The Labute approximate surface area is 98.9 Å². The van der Waals surface area contributed by atoms with E-state index in [1.165, 1.54) is 4.88 Å². The summed E-state index contributed by atoms with van der Waals surface area (Å²) in [6.45, 7) is 2.57. The van der Waals surface area contributed by atoms with Crippen LogP contribution < -0.4 is 5.32 Å². The van der Waals surface area contributed by atoms with Crippen LogP contribution in [0.25, 0.3) is 10.4 Å². The van der Waals surface area contributed by atoms with E-state index in [-0.39, 0.29) is 5.91 Å². The maximum atomic E-state index is 11.7. The Kier molecular flexibility index (Phi) is 3.37. The van der Waals surface area contributed by atoms with Gasteiger partial charge in [-0.25, -0.2) is 0 Å². The fourth-order valence-electron chi connectivity index (χ4n) is 1.52. The number of nitrogens with one attached hydrogen (secondary N) is 1. The van der Waals surface area contributed by atoms with Crippen molar-refractivity contribution < 1.29 is 4.79 Å². The Morgan fingerprint density at radius 2 is 2.19 bits per heavy atom. The highest BCUT2D eigenvalue weighted by Crippen LogP contribution is 2.25. The second kappa shape index (κ2) is 4.94. The van der Waals surface area contributed by atoms with Crippen LogP contribution in [0.1, 0.15) is 17.3 Å². The smallest absolute Gasteiger partial charge is 0.251 e. The molecule has 0 unspecified atom stereocenters. The molecule has 2 nitrogen and oxygen atoms in total. The van der Waals surface area contributed by atoms with Crippen LogP contribution in [0.4, 0.5) is 0 Å². The monoisotopic (exact) mass is 231 g/mol. The van der Waals surface area contributed by atoms with Crippen LogP contribution in [-0.2, 0) is 0 Å². The molecule has 3 heteroatoms. The van der Waals surface area contributed by atoms with Gasteiger partial charge in [-0.3, -0.25) is 4.79 Å². The van der Waals surface area contributed by atoms with E-state index < -0.39 is 0 Å². The molecule has 1 aromatic carbocycles. The van der Waals surface area contributed by atoms with Gasteiger partial charge in [-0.1, -0.05) is 18.2 Å². The van der Waals surface area contributed by atoms with Crippen LogP contribution in [0, 0.1) is 0 Å². The second-order valence-corrected chi connectivity index (χ2v) is 4.37. The maximum absolute atomic E-state index is 11.7. The minimum Gasteiger partial charge on any atom is -0.352 e. The lowest BCUT2D eigenvalue weighted by molar-refractivity contribution is 0.0956. The van der Waals surface area contributed by atoms with E-state index in [0.29, 0.717) is 12.1 Å². The van der Waals surface area contributed by atoms with Crippen molar-refractivity contribution in [3.63, 3.8) is 0 Å². The maximum Gasteiger partial charge on any atom is 0.251 e. The molecule has 0 saturated heterocycles. The number of hydrogen-bond donors (Lipinski definition) is 1. The minimum atomic E-state index is -0.0130. The quantitative estimate of drug-likeness (QED) is 0.863. The number of thiophene rings is 1. The van der Waals surface area contributed by atoms with Gasteiger partial charge in [0.25, 0.3) is 5.91 Å². The van der Waals surface area contributed by atoms with Crippen molar-refractivity contribution in [2.75, 3.05) is 6.54 Å². The summed E-state index contributed by atoms with van der Waals surface area (Å²) in [5, 5.41) is 4.83. The molecule has 0 spiro atoms. The predicted octanol–water partition coefficient (Wildman–Crippen LogP) is 3.16. The summed E-state index contributed by atoms with van der Waals surface area (Å²) >= 11 is 1.68. The highest BCUT2D eigenvalue weighted by atomic mass is 32.1. The third-order valence-electron chi connectivity index (χ3n) is 2.27. The van der Waals surface area contributed by atoms with Gasteiger partial charge in [-0.05, 0) is 36.1 Å². The summed E-state index contributed by atoms with van der Waals surface area (Å²) in [7, 11) is 0. The third kappa shape index (κ3) is 2.31. The molecule has 1 N–H and O–H groups in total. The van der Waals surface area contributed by atoms with Crippen LogP contribution in [0.2, 0.25) is 0 Å². The number of amides is 1. The molecule has 1 heterocycles. The molecule has 0 bridgehead atoms. The van der Waals surface area contributed by atoms with Crippen molar-refractivity contribution in [1.82, 2.24) is 5.32 Å². The fourth-order valence-corrected chi connectivity index (χ4v) is 2.24. The topological polar surface area (TPSA) is 29.1 Å². The molecule has 1 aromatic heterocycles. The van der Waals surface area contributed by atoms with Crippen LogP contribution in [0.5, 0.6) is 0 Å². The van der Waals surface area contributed by atoms with Gasteiger partial charge in [-0.2, -0.15) is 0 Å². The van der Waals surface area contributed by atoms with Crippen molar-refractivity contribution in [1.29, 1.82) is 0 Å². The lowest BCUT2D eigenvalue weighted by Crippen LogP contribution is -2.22. The Balaban J connectivity index is 2.30. The lowest BCUT2D eigenvalue weighted by atomic mass is 10.1. The molecule has 2 aromatic rings. The lowest BCUT2D eigenvalue weighted by Gasteiger charge is -2.03. The zero-order valence-corrected chi connectivity index (χ0v) is 9.88. The molecule has 2 rings (SSSR count). The number of carbonyl (C=O) groups excluding carboxylic acids is 1. The molecule has 0 aliphatic carbocycles. The first-order chi connectivity index (χ1) is 7.81. The molecular formula is C13H13NOS. The van der Waals surface area contributed by atoms with E-state index in [0.717, 1.165) is 5.56 Å². The van der Waals surface area contributed by atoms with Gasteiger partial charge in [0, 0.05) is 17.0 Å². The third-order valence-corrected chi connectivity index (χ3v) is 3.19.